The molecule has 0 aliphatic carbocycles. The third-order valence-corrected chi connectivity index (χ3v) is 2.00. The van der Waals surface area contributed by atoms with Crippen molar-refractivity contribution in [3.63, 3.8) is 0 Å². The molecule has 0 radical (unpaired) electrons. The second kappa shape index (κ2) is 3.75. The van der Waals surface area contributed by atoms with Gasteiger partial charge in [0, 0.05) is 6.20 Å². The van der Waals surface area contributed by atoms with Crippen LogP contribution in [0.25, 0.3) is 0 Å². The van der Waals surface area contributed by atoms with Crippen LogP contribution in [0.4, 0.5) is 0 Å². The third kappa shape index (κ3) is 2.18. The normalized spacial score (nSPS) is 10.5. The molecule has 0 aliphatic rings. The predicted molar refractivity (Wildman–Crippen MR) is 51.9 cm³/mol. The monoisotopic (exact) mass is 198 g/mol. The molecule has 0 saturated carbocycles. The van der Waals surface area contributed by atoms with Crippen LogP contribution in [-0.2, 0) is 0 Å². The Morgan fingerprint density at radius 3 is 2.62 bits per heavy atom. The molecule has 0 aromatic carbocycles. The number of amides is 1. The number of nitrogens with zero attached hydrogens (tertiary/aromatic N) is 1. The minimum Gasteiger partial charge on any atom is -0.366 e. The van der Waals surface area contributed by atoms with E-state index in [0.717, 1.165) is 5.69 Å². The standard InChI is InChI=1S/C9H11ClN2O/c1-5(2)8-7(10)3-6(4-12-8)9(11)13/h3-5H,1-2H3,(H2,11,13). The molecule has 0 spiro atoms. The van der Waals surface area contributed by atoms with Crippen LogP contribution in [0.2, 0.25) is 5.02 Å². The zero-order chi connectivity index (χ0) is 10.0. The molecule has 0 saturated heterocycles. The Bertz CT molecular complexity index is 336. The van der Waals surface area contributed by atoms with Crippen LogP contribution in [0.3, 0.4) is 0 Å². The predicted octanol–water partition coefficient (Wildman–Crippen LogP) is 1.96. The minimum atomic E-state index is -0.510. The van der Waals surface area contributed by atoms with Crippen LogP contribution in [-0.4, -0.2) is 10.9 Å². The smallest absolute Gasteiger partial charge is 0.250 e. The number of rotatable bonds is 2. The zero-order valence-electron chi connectivity index (χ0n) is 7.54. The van der Waals surface area contributed by atoms with E-state index < -0.39 is 5.91 Å². The van der Waals surface area contributed by atoms with E-state index in [1.54, 1.807) is 6.07 Å². The molecule has 0 atom stereocenters. The van der Waals surface area contributed by atoms with E-state index in [9.17, 15) is 4.79 Å². The highest BCUT2D eigenvalue weighted by Crippen LogP contribution is 2.22. The fraction of sp³-hybridized carbons (Fsp3) is 0.333. The van der Waals surface area contributed by atoms with Gasteiger partial charge in [-0.1, -0.05) is 25.4 Å². The van der Waals surface area contributed by atoms with Crippen LogP contribution in [0, 0.1) is 0 Å². The molecule has 3 nitrogen and oxygen atoms in total. The molecule has 0 unspecified atom stereocenters. The molecule has 0 aliphatic heterocycles. The van der Waals surface area contributed by atoms with Gasteiger partial charge in [-0.2, -0.15) is 0 Å². The summed E-state index contributed by atoms with van der Waals surface area (Å²) in [6, 6.07) is 1.55. The van der Waals surface area contributed by atoms with Crippen LogP contribution in [0.5, 0.6) is 0 Å². The van der Waals surface area contributed by atoms with Gasteiger partial charge in [0.2, 0.25) is 5.91 Å². The first kappa shape index (κ1) is 9.99. The van der Waals surface area contributed by atoms with Gasteiger partial charge in [0.05, 0.1) is 16.3 Å². The van der Waals surface area contributed by atoms with Crippen molar-refractivity contribution in [2.75, 3.05) is 0 Å². The molecule has 0 fully saturated rings. The van der Waals surface area contributed by atoms with Crippen molar-refractivity contribution in [3.05, 3.63) is 28.5 Å². The van der Waals surface area contributed by atoms with Gasteiger partial charge < -0.3 is 5.73 Å². The quantitative estimate of drug-likeness (QED) is 0.790. The Labute approximate surface area is 81.9 Å². The lowest BCUT2D eigenvalue weighted by atomic mass is 10.1. The van der Waals surface area contributed by atoms with Gasteiger partial charge >= 0.3 is 0 Å². The highest BCUT2D eigenvalue weighted by molar-refractivity contribution is 6.31. The average molecular weight is 199 g/mol. The van der Waals surface area contributed by atoms with E-state index in [0.29, 0.717) is 10.6 Å². The number of aromatic nitrogens is 1. The number of nitrogens with two attached hydrogens (primary N) is 1. The molecule has 1 heterocycles. The Hall–Kier alpha value is -1.09. The topological polar surface area (TPSA) is 56.0 Å². The maximum Gasteiger partial charge on any atom is 0.250 e. The van der Waals surface area contributed by atoms with Crippen molar-refractivity contribution in [1.82, 2.24) is 4.98 Å². The van der Waals surface area contributed by atoms with E-state index in [-0.39, 0.29) is 5.92 Å². The van der Waals surface area contributed by atoms with E-state index in [4.69, 9.17) is 17.3 Å². The number of hydrogen-bond acceptors (Lipinski definition) is 2. The summed E-state index contributed by atoms with van der Waals surface area (Å²) in [7, 11) is 0. The van der Waals surface area contributed by atoms with Gasteiger partial charge in [0.25, 0.3) is 0 Å². The molecule has 1 rings (SSSR count). The van der Waals surface area contributed by atoms with Crippen molar-refractivity contribution in [2.24, 2.45) is 5.73 Å². The van der Waals surface area contributed by atoms with Crippen molar-refractivity contribution >= 4 is 17.5 Å². The molecule has 4 heteroatoms. The molecule has 70 valence electrons. The molecule has 1 aromatic rings. The second-order valence-corrected chi connectivity index (χ2v) is 3.52. The Balaban J connectivity index is 3.13. The number of hydrogen-bond donors (Lipinski definition) is 1. The lowest BCUT2D eigenvalue weighted by Crippen LogP contribution is -2.11. The Kier molecular flexibility index (Phi) is 2.88. The molecular formula is C9H11ClN2O. The maximum absolute atomic E-state index is 10.8. The van der Waals surface area contributed by atoms with E-state index in [2.05, 4.69) is 4.98 Å². The first-order valence-electron chi connectivity index (χ1n) is 3.97. The molecule has 2 N–H and O–H groups in total. The summed E-state index contributed by atoms with van der Waals surface area (Å²) in [6.45, 7) is 3.97. The van der Waals surface area contributed by atoms with Crippen LogP contribution < -0.4 is 5.73 Å². The molecular weight excluding hydrogens is 188 g/mol. The van der Waals surface area contributed by atoms with Gasteiger partial charge in [0.15, 0.2) is 0 Å². The van der Waals surface area contributed by atoms with Crippen LogP contribution in [0.15, 0.2) is 12.3 Å². The largest absolute Gasteiger partial charge is 0.366 e. The fourth-order valence-electron chi connectivity index (χ4n) is 1.01. The molecule has 1 aromatic heterocycles. The van der Waals surface area contributed by atoms with Crippen LogP contribution >= 0.6 is 11.6 Å². The van der Waals surface area contributed by atoms with E-state index in [1.165, 1.54) is 6.20 Å². The fourth-order valence-corrected chi connectivity index (χ4v) is 1.39. The second-order valence-electron chi connectivity index (χ2n) is 3.11. The minimum absolute atomic E-state index is 0.245. The molecule has 0 bridgehead atoms. The first-order chi connectivity index (χ1) is 6.02. The molecule has 13 heavy (non-hydrogen) atoms. The van der Waals surface area contributed by atoms with Gasteiger partial charge in [-0.15, -0.1) is 0 Å². The SMILES string of the molecule is CC(C)c1ncc(C(N)=O)cc1Cl. The first-order valence-corrected chi connectivity index (χ1v) is 4.35. The van der Waals surface area contributed by atoms with Gasteiger partial charge in [-0.3, -0.25) is 9.78 Å². The number of carbonyl (C=O) groups is 1. The van der Waals surface area contributed by atoms with Gasteiger partial charge in [-0.05, 0) is 12.0 Å². The maximum atomic E-state index is 10.8. The summed E-state index contributed by atoms with van der Waals surface area (Å²) in [6.07, 6.45) is 1.45. The Morgan fingerprint density at radius 2 is 2.23 bits per heavy atom. The summed E-state index contributed by atoms with van der Waals surface area (Å²) < 4.78 is 0. The molecule has 1 amide bonds. The summed E-state index contributed by atoms with van der Waals surface area (Å²) in [4.78, 5) is 14.8. The number of primary amides is 1. The van der Waals surface area contributed by atoms with Crippen molar-refractivity contribution in [3.8, 4) is 0 Å². The zero-order valence-corrected chi connectivity index (χ0v) is 8.30. The van der Waals surface area contributed by atoms with Crippen molar-refractivity contribution in [1.29, 1.82) is 0 Å². The van der Waals surface area contributed by atoms with Crippen molar-refractivity contribution in [2.45, 2.75) is 19.8 Å². The van der Waals surface area contributed by atoms with Gasteiger partial charge in [0.1, 0.15) is 0 Å². The average Bonchev–Trinajstić information content (AvgIpc) is 2.03. The lowest BCUT2D eigenvalue weighted by Gasteiger charge is -2.06. The number of pyridine rings is 1. The van der Waals surface area contributed by atoms with Crippen molar-refractivity contribution < 1.29 is 4.79 Å². The summed E-state index contributed by atoms with van der Waals surface area (Å²) in [5.74, 6) is -0.265. The Morgan fingerprint density at radius 1 is 1.62 bits per heavy atom. The highest BCUT2D eigenvalue weighted by atomic mass is 35.5. The van der Waals surface area contributed by atoms with E-state index >= 15 is 0 Å². The number of halogens is 1. The number of carbonyl (C=O) groups excluding carboxylic acids is 1. The highest BCUT2D eigenvalue weighted by Gasteiger charge is 2.09. The lowest BCUT2D eigenvalue weighted by molar-refractivity contribution is 0.1000. The van der Waals surface area contributed by atoms with Crippen LogP contribution in [0.1, 0.15) is 35.8 Å². The van der Waals surface area contributed by atoms with Gasteiger partial charge in [-0.25, -0.2) is 0 Å². The third-order valence-electron chi connectivity index (χ3n) is 1.70. The summed E-state index contributed by atoms with van der Waals surface area (Å²) in [5.41, 5.74) is 6.20. The summed E-state index contributed by atoms with van der Waals surface area (Å²) >= 11 is 5.90. The summed E-state index contributed by atoms with van der Waals surface area (Å²) in [5, 5.41) is 0.492. The van der Waals surface area contributed by atoms with E-state index in [1.807, 2.05) is 13.8 Å².